The van der Waals surface area contributed by atoms with Crippen LogP contribution < -0.4 is 0 Å². The first-order valence-corrected chi connectivity index (χ1v) is 7.94. The second-order valence-corrected chi connectivity index (χ2v) is 6.19. The minimum absolute atomic E-state index is 0.787. The zero-order chi connectivity index (χ0) is 14.1. The topological polar surface area (TPSA) is 35.2 Å². The molecule has 4 nitrogen and oxygen atoms in total. The van der Waals surface area contributed by atoms with Crippen LogP contribution in [0.2, 0.25) is 0 Å². The summed E-state index contributed by atoms with van der Waals surface area (Å²) >= 11 is 0. The Morgan fingerprint density at radius 1 is 1.14 bits per heavy atom. The number of rotatable bonds is 3. The van der Waals surface area contributed by atoms with E-state index in [4.69, 9.17) is 0 Å². The maximum absolute atomic E-state index is 4.53. The smallest absolute Gasteiger partial charge is 0.137 e. The van der Waals surface area contributed by atoms with Crippen molar-refractivity contribution in [2.24, 2.45) is 0 Å². The van der Waals surface area contributed by atoms with E-state index in [2.05, 4.69) is 44.0 Å². The molecule has 0 saturated carbocycles. The molecule has 1 N–H and O–H groups in total. The van der Waals surface area contributed by atoms with Crippen LogP contribution in [0.4, 0.5) is 0 Å². The monoisotopic (exact) mass is 282 g/mol. The van der Waals surface area contributed by atoms with Gasteiger partial charge in [-0.2, -0.15) is 0 Å². The number of hydrogen-bond acceptors (Lipinski definition) is 3. The Bertz CT molecular complexity index is 592. The van der Waals surface area contributed by atoms with Crippen molar-refractivity contribution in [3.63, 3.8) is 0 Å². The lowest BCUT2D eigenvalue weighted by Gasteiger charge is -2.37. The van der Waals surface area contributed by atoms with Crippen LogP contribution in [0.25, 0.3) is 11.4 Å². The van der Waals surface area contributed by atoms with Gasteiger partial charge in [0.2, 0.25) is 0 Å². The lowest BCUT2D eigenvalue weighted by molar-refractivity contribution is 0.0985. The van der Waals surface area contributed by atoms with Crippen LogP contribution in [0.5, 0.6) is 0 Å². The molecule has 1 aromatic heterocycles. The van der Waals surface area contributed by atoms with Crippen molar-refractivity contribution in [2.75, 3.05) is 26.2 Å². The van der Waals surface area contributed by atoms with Gasteiger partial charge in [0.25, 0.3) is 0 Å². The van der Waals surface area contributed by atoms with Gasteiger partial charge in [0.05, 0.1) is 0 Å². The highest BCUT2D eigenvalue weighted by molar-refractivity contribution is 5.54. The Balaban J connectivity index is 1.42. The zero-order valence-corrected chi connectivity index (χ0v) is 12.3. The first-order chi connectivity index (χ1) is 10.4. The Labute approximate surface area is 125 Å². The highest BCUT2D eigenvalue weighted by Crippen LogP contribution is 2.22. The fourth-order valence-electron chi connectivity index (χ4n) is 3.62. The molecule has 0 aliphatic carbocycles. The summed E-state index contributed by atoms with van der Waals surface area (Å²) in [5, 5.41) is 0. The largest absolute Gasteiger partial charge is 0.341 e. The van der Waals surface area contributed by atoms with Crippen LogP contribution in [0.3, 0.4) is 0 Å². The maximum Gasteiger partial charge on any atom is 0.137 e. The predicted molar refractivity (Wildman–Crippen MR) is 83.9 cm³/mol. The van der Waals surface area contributed by atoms with Gasteiger partial charge in [-0.25, -0.2) is 4.98 Å². The van der Waals surface area contributed by atoms with Gasteiger partial charge in [0.1, 0.15) is 5.82 Å². The van der Waals surface area contributed by atoms with Gasteiger partial charge in [0, 0.05) is 49.7 Å². The van der Waals surface area contributed by atoms with Crippen molar-refractivity contribution in [3.8, 4) is 11.4 Å². The Morgan fingerprint density at radius 3 is 2.95 bits per heavy atom. The van der Waals surface area contributed by atoms with E-state index in [0.29, 0.717) is 0 Å². The van der Waals surface area contributed by atoms with E-state index in [1.165, 1.54) is 44.7 Å². The molecule has 2 aliphatic rings. The first kappa shape index (κ1) is 13.0. The van der Waals surface area contributed by atoms with Crippen molar-refractivity contribution >= 4 is 0 Å². The third-order valence-corrected chi connectivity index (χ3v) is 4.74. The molecule has 2 aliphatic heterocycles. The van der Waals surface area contributed by atoms with Gasteiger partial charge in [-0.1, -0.05) is 30.3 Å². The van der Waals surface area contributed by atoms with E-state index < -0.39 is 0 Å². The molecule has 4 heteroatoms. The van der Waals surface area contributed by atoms with Crippen LogP contribution in [0.15, 0.2) is 36.5 Å². The SMILES string of the molecule is c1ccc(-c2ncc(CN3CCN4CCCC4C3)[nH]2)cc1. The number of nitrogens with one attached hydrogen (secondary N) is 1. The second kappa shape index (κ2) is 5.62. The van der Waals surface area contributed by atoms with E-state index >= 15 is 0 Å². The first-order valence-electron chi connectivity index (χ1n) is 7.94. The summed E-state index contributed by atoms with van der Waals surface area (Å²) in [4.78, 5) is 13.2. The van der Waals surface area contributed by atoms with E-state index in [0.717, 1.165) is 24.0 Å². The molecule has 0 spiro atoms. The van der Waals surface area contributed by atoms with Crippen LogP contribution in [0, 0.1) is 0 Å². The van der Waals surface area contributed by atoms with Gasteiger partial charge in [-0.05, 0) is 19.4 Å². The summed E-state index contributed by atoms with van der Waals surface area (Å²) in [6.07, 6.45) is 4.73. The molecule has 0 radical (unpaired) electrons. The zero-order valence-electron chi connectivity index (χ0n) is 12.3. The number of H-pyrrole nitrogens is 1. The molecule has 3 heterocycles. The summed E-state index contributed by atoms with van der Waals surface area (Å²) in [6.45, 7) is 5.91. The molecule has 110 valence electrons. The van der Waals surface area contributed by atoms with Gasteiger partial charge in [0.15, 0.2) is 0 Å². The minimum Gasteiger partial charge on any atom is -0.341 e. The van der Waals surface area contributed by atoms with Crippen molar-refractivity contribution in [3.05, 3.63) is 42.2 Å². The van der Waals surface area contributed by atoms with Crippen LogP contribution in [-0.4, -0.2) is 52.0 Å². The maximum atomic E-state index is 4.53. The average Bonchev–Trinajstić information content (AvgIpc) is 3.17. The van der Waals surface area contributed by atoms with E-state index in [9.17, 15) is 0 Å². The summed E-state index contributed by atoms with van der Waals surface area (Å²) in [5.74, 6) is 0.977. The van der Waals surface area contributed by atoms with Gasteiger partial charge in [-0.3, -0.25) is 9.80 Å². The van der Waals surface area contributed by atoms with E-state index in [1.807, 2.05) is 12.3 Å². The van der Waals surface area contributed by atoms with Gasteiger partial charge < -0.3 is 4.98 Å². The van der Waals surface area contributed by atoms with Crippen LogP contribution >= 0.6 is 0 Å². The number of benzene rings is 1. The summed E-state index contributed by atoms with van der Waals surface area (Å²) in [6, 6.07) is 11.1. The molecule has 0 bridgehead atoms. The second-order valence-electron chi connectivity index (χ2n) is 6.19. The molecule has 21 heavy (non-hydrogen) atoms. The third-order valence-electron chi connectivity index (χ3n) is 4.74. The van der Waals surface area contributed by atoms with Crippen molar-refractivity contribution in [1.29, 1.82) is 0 Å². The van der Waals surface area contributed by atoms with Gasteiger partial charge >= 0.3 is 0 Å². The number of fused-ring (bicyclic) bond motifs is 1. The van der Waals surface area contributed by atoms with Crippen molar-refractivity contribution < 1.29 is 0 Å². The minimum atomic E-state index is 0.787. The van der Waals surface area contributed by atoms with Crippen molar-refractivity contribution in [1.82, 2.24) is 19.8 Å². The van der Waals surface area contributed by atoms with Crippen LogP contribution in [0.1, 0.15) is 18.5 Å². The fourth-order valence-corrected chi connectivity index (χ4v) is 3.62. The fraction of sp³-hybridized carbons (Fsp3) is 0.471. The Morgan fingerprint density at radius 2 is 2.05 bits per heavy atom. The molecule has 1 aromatic carbocycles. The summed E-state index contributed by atoms with van der Waals surface area (Å²) in [5.41, 5.74) is 2.38. The average molecular weight is 282 g/mol. The molecular weight excluding hydrogens is 260 g/mol. The predicted octanol–water partition coefficient (Wildman–Crippen LogP) is 2.36. The normalized spacial score (nSPS) is 23.3. The Kier molecular flexibility index (Phi) is 3.49. The van der Waals surface area contributed by atoms with Crippen molar-refractivity contribution in [2.45, 2.75) is 25.4 Å². The highest BCUT2D eigenvalue weighted by Gasteiger charge is 2.30. The molecule has 1 atom stereocenters. The number of nitrogens with zero attached hydrogens (tertiary/aromatic N) is 3. The highest BCUT2D eigenvalue weighted by atomic mass is 15.3. The quantitative estimate of drug-likeness (QED) is 0.938. The van der Waals surface area contributed by atoms with Gasteiger partial charge in [-0.15, -0.1) is 0 Å². The molecule has 0 amide bonds. The standard InChI is InChI=1S/C17H22N4/c1-2-5-14(6-3-1)17-18-11-15(19-17)12-20-9-10-21-8-4-7-16(21)13-20/h1-3,5-6,11,16H,4,7-10,12-13H2,(H,18,19). The number of piperazine rings is 1. The molecule has 1 unspecified atom stereocenters. The molecular formula is C17H22N4. The van der Waals surface area contributed by atoms with E-state index in [1.54, 1.807) is 0 Å². The lowest BCUT2D eigenvalue weighted by Crippen LogP contribution is -2.49. The summed E-state index contributed by atoms with van der Waals surface area (Å²) in [7, 11) is 0. The number of aromatic nitrogens is 2. The molecule has 4 rings (SSSR count). The number of aromatic amines is 1. The lowest BCUT2D eigenvalue weighted by atomic mass is 10.1. The Hall–Kier alpha value is -1.65. The van der Waals surface area contributed by atoms with E-state index in [-0.39, 0.29) is 0 Å². The number of imidazole rings is 1. The summed E-state index contributed by atoms with van der Waals surface area (Å²) < 4.78 is 0. The molecule has 2 fully saturated rings. The third kappa shape index (κ3) is 2.74. The number of hydrogen-bond donors (Lipinski definition) is 1. The molecule has 2 saturated heterocycles. The van der Waals surface area contributed by atoms with Crippen LogP contribution in [-0.2, 0) is 6.54 Å². The molecule has 2 aromatic rings.